The Morgan fingerprint density at radius 3 is 2.63 bits per heavy atom. The van der Waals surface area contributed by atoms with Crippen molar-refractivity contribution in [2.45, 2.75) is 26.1 Å². The molecule has 0 bridgehead atoms. The van der Waals surface area contributed by atoms with Crippen LogP contribution in [-0.4, -0.2) is 72.4 Å². The van der Waals surface area contributed by atoms with Gasteiger partial charge in [-0.2, -0.15) is 0 Å². The average Bonchev–Trinajstić information content (AvgIpc) is 2.73. The quantitative estimate of drug-likeness (QED) is 0.624. The van der Waals surface area contributed by atoms with E-state index in [9.17, 15) is 9.90 Å². The first-order chi connectivity index (χ1) is 14.4. The molecule has 1 saturated heterocycles. The molecule has 1 aliphatic heterocycles. The van der Waals surface area contributed by atoms with Gasteiger partial charge in [-0.15, -0.1) is 0 Å². The summed E-state index contributed by atoms with van der Waals surface area (Å²) in [6.45, 7) is 8.07. The smallest absolute Gasteiger partial charge is 0.254 e. The molecule has 7 nitrogen and oxygen atoms in total. The Balaban J connectivity index is 1.46. The molecule has 0 spiro atoms. The second kappa shape index (κ2) is 10.6. The van der Waals surface area contributed by atoms with Crippen molar-refractivity contribution in [2.75, 3.05) is 44.2 Å². The molecule has 1 atom stereocenters. The summed E-state index contributed by atoms with van der Waals surface area (Å²) in [5, 5.41) is 13.2. The first-order valence-corrected chi connectivity index (χ1v) is 10.6. The van der Waals surface area contributed by atoms with Gasteiger partial charge < -0.3 is 20.1 Å². The number of hydrogen-bond acceptors (Lipinski definition) is 6. The van der Waals surface area contributed by atoms with Gasteiger partial charge in [-0.25, -0.2) is 4.98 Å². The van der Waals surface area contributed by atoms with E-state index in [1.165, 1.54) is 6.20 Å². The number of anilines is 1. The number of ether oxygens (including phenoxy) is 1. The van der Waals surface area contributed by atoms with Gasteiger partial charge in [0.05, 0.1) is 23.5 Å². The van der Waals surface area contributed by atoms with Crippen molar-refractivity contribution >= 4 is 23.2 Å². The molecular weight excluding hydrogens is 404 g/mol. The van der Waals surface area contributed by atoms with Crippen LogP contribution in [0, 0.1) is 0 Å². The van der Waals surface area contributed by atoms with E-state index >= 15 is 0 Å². The van der Waals surface area contributed by atoms with Crippen LogP contribution in [0.1, 0.15) is 24.2 Å². The van der Waals surface area contributed by atoms with E-state index in [1.54, 1.807) is 12.1 Å². The number of halogens is 1. The zero-order chi connectivity index (χ0) is 21.5. The molecule has 1 unspecified atom stereocenters. The normalized spacial score (nSPS) is 15.8. The fourth-order valence-corrected chi connectivity index (χ4v) is 3.67. The molecule has 1 fully saturated rings. The molecule has 1 aromatic carbocycles. The van der Waals surface area contributed by atoms with E-state index in [0.717, 1.165) is 37.6 Å². The summed E-state index contributed by atoms with van der Waals surface area (Å²) in [5.41, 5.74) is 1.41. The lowest BCUT2D eigenvalue weighted by Crippen LogP contribution is -2.50. The van der Waals surface area contributed by atoms with Crippen LogP contribution < -0.4 is 15.0 Å². The van der Waals surface area contributed by atoms with Crippen molar-refractivity contribution in [3.8, 4) is 5.75 Å². The van der Waals surface area contributed by atoms with Crippen LogP contribution in [-0.2, 0) is 0 Å². The maximum atomic E-state index is 12.2. The third-order valence-corrected chi connectivity index (χ3v) is 5.21. The topological polar surface area (TPSA) is 77.9 Å². The van der Waals surface area contributed by atoms with Crippen molar-refractivity contribution in [3.63, 3.8) is 0 Å². The van der Waals surface area contributed by atoms with Crippen LogP contribution in [0.25, 0.3) is 0 Å². The Kier molecular flexibility index (Phi) is 7.90. The largest absolute Gasteiger partial charge is 0.489 e. The number of carbonyl (C=O) groups is 1. The van der Waals surface area contributed by atoms with Gasteiger partial charge >= 0.3 is 0 Å². The van der Waals surface area contributed by atoms with Gasteiger partial charge in [0.1, 0.15) is 10.9 Å². The number of amides is 1. The average molecular weight is 433 g/mol. The van der Waals surface area contributed by atoms with Gasteiger partial charge in [0.2, 0.25) is 0 Å². The van der Waals surface area contributed by atoms with Crippen LogP contribution in [0.3, 0.4) is 0 Å². The second-order valence-corrected chi connectivity index (χ2v) is 7.99. The number of aromatic nitrogens is 1. The molecule has 1 amide bonds. The fraction of sp³-hybridized carbons (Fsp3) is 0.455. The van der Waals surface area contributed by atoms with Crippen LogP contribution in [0.4, 0.5) is 5.69 Å². The Hall–Kier alpha value is -2.35. The summed E-state index contributed by atoms with van der Waals surface area (Å²) in [5.74, 6) is 0.566. The molecule has 0 aliphatic carbocycles. The third kappa shape index (κ3) is 6.08. The highest BCUT2D eigenvalue weighted by atomic mass is 35.5. The predicted octanol–water partition coefficient (Wildman–Crippen LogP) is 2.44. The van der Waals surface area contributed by atoms with E-state index in [0.29, 0.717) is 12.1 Å². The molecule has 0 saturated carbocycles. The minimum Gasteiger partial charge on any atom is -0.489 e. The van der Waals surface area contributed by atoms with E-state index in [2.05, 4.69) is 26.2 Å². The maximum Gasteiger partial charge on any atom is 0.254 e. The number of hydrogen-bond donors (Lipinski definition) is 2. The van der Waals surface area contributed by atoms with E-state index in [4.69, 9.17) is 16.3 Å². The predicted molar refractivity (Wildman–Crippen MR) is 118 cm³/mol. The summed E-state index contributed by atoms with van der Waals surface area (Å²) in [7, 11) is 0. The minimum atomic E-state index is -0.660. The number of β-amino-alcohol motifs (C(OH)–C–C–N with tert-alkyl or cyclic N) is 1. The molecule has 30 heavy (non-hydrogen) atoms. The van der Waals surface area contributed by atoms with Crippen molar-refractivity contribution in [2.24, 2.45) is 0 Å². The lowest BCUT2D eigenvalue weighted by molar-refractivity contribution is 0.0851. The number of piperazine rings is 1. The van der Waals surface area contributed by atoms with Gasteiger partial charge in [0.25, 0.3) is 5.91 Å². The number of rotatable bonds is 8. The van der Waals surface area contributed by atoms with Gasteiger partial charge in [-0.05, 0) is 38.1 Å². The third-order valence-electron chi connectivity index (χ3n) is 4.91. The molecule has 1 aliphatic rings. The first kappa shape index (κ1) is 22.3. The van der Waals surface area contributed by atoms with E-state index in [-0.39, 0.29) is 23.7 Å². The van der Waals surface area contributed by atoms with E-state index in [1.807, 2.05) is 32.0 Å². The van der Waals surface area contributed by atoms with Crippen molar-refractivity contribution in [1.82, 2.24) is 15.2 Å². The lowest BCUT2D eigenvalue weighted by atomic mass is 10.2. The highest BCUT2D eigenvalue weighted by molar-refractivity contribution is 6.32. The summed E-state index contributed by atoms with van der Waals surface area (Å²) >= 11 is 5.94. The highest BCUT2D eigenvalue weighted by Gasteiger charge is 2.22. The van der Waals surface area contributed by atoms with Crippen LogP contribution in [0.2, 0.25) is 5.15 Å². The zero-order valence-corrected chi connectivity index (χ0v) is 18.2. The molecule has 2 aromatic rings. The van der Waals surface area contributed by atoms with Crippen molar-refractivity contribution in [1.29, 1.82) is 0 Å². The maximum absolute atomic E-state index is 12.2. The summed E-state index contributed by atoms with van der Waals surface area (Å²) < 4.78 is 5.94. The number of aliphatic hydroxyl groups excluding tert-OH is 1. The lowest BCUT2D eigenvalue weighted by Gasteiger charge is -2.37. The van der Waals surface area contributed by atoms with E-state index < -0.39 is 6.10 Å². The first-order valence-electron chi connectivity index (χ1n) is 10.2. The van der Waals surface area contributed by atoms with Gasteiger partial charge in [-0.1, -0.05) is 23.7 Å². The monoisotopic (exact) mass is 432 g/mol. The Morgan fingerprint density at radius 1 is 1.20 bits per heavy atom. The second-order valence-electron chi connectivity index (χ2n) is 7.63. The summed E-state index contributed by atoms with van der Waals surface area (Å²) in [4.78, 5) is 20.6. The van der Waals surface area contributed by atoms with Crippen molar-refractivity contribution < 1.29 is 14.6 Å². The van der Waals surface area contributed by atoms with Crippen LogP contribution in [0.15, 0.2) is 42.6 Å². The number of para-hydroxylation sites is 2. The number of benzene rings is 1. The zero-order valence-electron chi connectivity index (χ0n) is 17.4. The number of nitrogens with one attached hydrogen (secondary N) is 1. The molecule has 162 valence electrons. The van der Waals surface area contributed by atoms with Gasteiger partial charge in [0, 0.05) is 45.5 Å². The van der Waals surface area contributed by atoms with Crippen molar-refractivity contribution in [3.05, 3.63) is 53.3 Å². The van der Waals surface area contributed by atoms with Crippen LogP contribution in [0.5, 0.6) is 5.75 Å². The molecule has 0 radical (unpaired) electrons. The summed E-state index contributed by atoms with van der Waals surface area (Å²) in [6.07, 6.45) is 0.993. The molecule has 1 aromatic heterocycles. The molecule has 2 N–H and O–H groups in total. The molecule has 2 heterocycles. The standard InChI is InChI=1S/C22H29ClN4O3/c1-16(2)30-20-8-4-3-7-19(20)27-12-10-26(11-13-27)15-17(28)14-25-22(29)18-6-5-9-24-21(18)23/h3-9,16-17,28H,10-15H2,1-2H3,(H,25,29). The number of aliphatic hydroxyl groups is 1. The van der Waals surface area contributed by atoms with Gasteiger partial charge in [0.15, 0.2) is 0 Å². The Bertz CT molecular complexity index is 841. The Morgan fingerprint density at radius 2 is 1.93 bits per heavy atom. The molecule has 8 heteroatoms. The summed E-state index contributed by atoms with van der Waals surface area (Å²) in [6, 6.07) is 11.4. The number of carbonyl (C=O) groups excluding carboxylic acids is 1. The van der Waals surface area contributed by atoms with Crippen LogP contribution >= 0.6 is 11.6 Å². The minimum absolute atomic E-state index is 0.124. The molecule has 3 rings (SSSR count). The molecular formula is C22H29ClN4O3. The fourth-order valence-electron chi connectivity index (χ4n) is 3.47. The number of pyridine rings is 1. The highest BCUT2D eigenvalue weighted by Crippen LogP contribution is 2.29. The van der Waals surface area contributed by atoms with Gasteiger partial charge in [-0.3, -0.25) is 9.69 Å². The Labute approximate surface area is 182 Å². The SMILES string of the molecule is CC(C)Oc1ccccc1N1CCN(CC(O)CNC(=O)c2cccnc2Cl)CC1. The number of nitrogens with zero attached hydrogens (tertiary/aromatic N) is 3.